The number of hydrogen-bond acceptors (Lipinski definition) is 2. The van der Waals surface area contributed by atoms with Crippen molar-refractivity contribution in [3.8, 4) is 0 Å². The molecule has 92 valence electrons. The fraction of sp³-hybridized carbons (Fsp3) is 0. The molecule has 0 aliphatic rings. The molecule has 1 aromatic carbocycles. The highest BCUT2D eigenvalue weighted by Crippen LogP contribution is 2.20. The first-order chi connectivity index (χ1) is 8.58. The molecule has 1 amide bonds. The number of aromatic nitrogens is 1. The van der Waals surface area contributed by atoms with Crippen LogP contribution in [0.1, 0.15) is 10.4 Å². The Balaban J connectivity index is 2.22. The molecule has 0 fully saturated rings. The Morgan fingerprint density at radius 2 is 2.06 bits per heavy atom. The van der Waals surface area contributed by atoms with Gasteiger partial charge in [0.2, 0.25) is 5.95 Å². The molecule has 1 N–H and O–H groups in total. The van der Waals surface area contributed by atoms with Crippen molar-refractivity contribution < 1.29 is 13.6 Å². The number of carbonyl (C=O) groups is 1. The summed E-state index contributed by atoms with van der Waals surface area (Å²) in [7, 11) is 0. The predicted molar refractivity (Wildman–Crippen MR) is 66.2 cm³/mol. The Morgan fingerprint density at radius 3 is 2.72 bits per heavy atom. The molecule has 0 unspecified atom stereocenters. The standard InChI is InChI=1S/C12H7BrF2N2O/c13-9-6-7(3-4-10(9)14)17-12(18)8-2-1-5-16-11(8)15/h1-6H,(H,17,18). The molecule has 0 saturated heterocycles. The van der Waals surface area contributed by atoms with Crippen LogP contribution in [0.25, 0.3) is 0 Å². The van der Waals surface area contributed by atoms with Crippen LogP contribution in [0.5, 0.6) is 0 Å². The zero-order chi connectivity index (χ0) is 13.1. The van der Waals surface area contributed by atoms with E-state index in [0.717, 1.165) is 0 Å². The maximum absolute atomic E-state index is 13.2. The van der Waals surface area contributed by atoms with Gasteiger partial charge in [-0.2, -0.15) is 4.39 Å². The molecule has 0 aliphatic carbocycles. The second kappa shape index (κ2) is 5.22. The van der Waals surface area contributed by atoms with E-state index < -0.39 is 17.7 Å². The number of pyridine rings is 1. The van der Waals surface area contributed by atoms with Crippen molar-refractivity contribution in [1.29, 1.82) is 0 Å². The van der Waals surface area contributed by atoms with Gasteiger partial charge in [0.15, 0.2) is 0 Å². The van der Waals surface area contributed by atoms with Crippen molar-refractivity contribution in [2.75, 3.05) is 5.32 Å². The molecule has 0 atom stereocenters. The van der Waals surface area contributed by atoms with Crippen LogP contribution in [0, 0.1) is 11.8 Å². The minimum absolute atomic E-state index is 0.169. The van der Waals surface area contributed by atoms with E-state index in [1.807, 2.05) is 0 Å². The number of amides is 1. The molecular formula is C12H7BrF2N2O. The van der Waals surface area contributed by atoms with Gasteiger partial charge >= 0.3 is 0 Å². The number of halogens is 3. The van der Waals surface area contributed by atoms with Crippen LogP contribution in [0.3, 0.4) is 0 Å². The lowest BCUT2D eigenvalue weighted by molar-refractivity contribution is 0.102. The number of rotatable bonds is 2. The van der Waals surface area contributed by atoms with Crippen LogP contribution in [-0.4, -0.2) is 10.9 Å². The topological polar surface area (TPSA) is 42.0 Å². The van der Waals surface area contributed by atoms with Gasteiger partial charge in [0, 0.05) is 11.9 Å². The van der Waals surface area contributed by atoms with Gasteiger partial charge in [-0.15, -0.1) is 0 Å². The lowest BCUT2D eigenvalue weighted by Crippen LogP contribution is -2.14. The average molecular weight is 313 g/mol. The minimum Gasteiger partial charge on any atom is -0.322 e. The van der Waals surface area contributed by atoms with Gasteiger partial charge in [-0.1, -0.05) is 0 Å². The van der Waals surface area contributed by atoms with Gasteiger partial charge in [0.05, 0.1) is 10.0 Å². The first-order valence-corrected chi connectivity index (χ1v) is 5.74. The Labute approximate surface area is 110 Å². The zero-order valence-electron chi connectivity index (χ0n) is 8.95. The molecule has 0 radical (unpaired) electrons. The SMILES string of the molecule is O=C(Nc1ccc(F)c(Br)c1)c1cccnc1F. The molecule has 1 heterocycles. The summed E-state index contributed by atoms with van der Waals surface area (Å²) in [5.41, 5.74) is 0.189. The quantitative estimate of drug-likeness (QED) is 0.864. The summed E-state index contributed by atoms with van der Waals surface area (Å²) in [5.74, 6) is -1.93. The third-order valence-electron chi connectivity index (χ3n) is 2.18. The maximum Gasteiger partial charge on any atom is 0.260 e. The van der Waals surface area contributed by atoms with E-state index in [-0.39, 0.29) is 10.0 Å². The fourth-order valence-corrected chi connectivity index (χ4v) is 1.71. The van der Waals surface area contributed by atoms with Crippen molar-refractivity contribution in [3.05, 3.63) is 58.3 Å². The Morgan fingerprint density at radius 1 is 1.28 bits per heavy atom. The Hall–Kier alpha value is -1.82. The molecule has 2 rings (SSSR count). The van der Waals surface area contributed by atoms with Gasteiger partial charge in [-0.05, 0) is 46.3 Å². The van der Waals surface area contributed by atoms with Gasteiger partial charge in [-0.3, -0.25) is 4.79 Å². The maximum atomic E-state index is 13.2. The second-order valence-corrected chi connectivity index (χ2v) is 4.28. The highest BCUT2D eigenvalue weighted by molar-refractivity contribution is 9.10. The van der Waals surface area contributed by atoms with Crippen LogP contribution in [-0.2, 0) is 0 Å². The normalized spacial score (nSPS) is 10.2. The molecular weight excluding hydrogens is 306 g/mol. The van der Waals surface area contributed by atoms with E-state index >= 15 is 0 Å². The monoisotopic (exact) mass is 312 g/mol. The first-order valence-electron chi connectivity index (χ1n) is 4.95. The van der Waals surface area contributed by atoms with Crippen LogP contribution >= 0.6 is 15.9 Å². The van der Waals surface area contributed by atoms with Crippen LogP contribution in [0.4, 0.5) is 14.5 Å². The van der Waals surface area contributed by atoms with Gasteiger partial charge in [0.25, 0.3) is 5.91 Å². The highest BCUT2D eigenvalue weighted by atomic mass is 79.9. The van der Waals surface area contributed by atoms with Crippen molar-refractivity contribution in [2.45, 2.75) is 0 Å². The van der Waals surface area contributed by atoms with Gasteiger partial charge in [0.1, 0.15) is 5.82 Å². The van der Waals surface area contributed by atoms with E-state index in [1.54, 1.807) is 0 Å². The van der Waals surface area contributed by atoms with Crippen LogP contribution in [0.15, 0.2) is 41.0 Å². The minimum atomic E-state index is -0.851. The Kier molecular flexibility index (Phi) is 3.66. The number of nitrogens with zero attached hydrogens (tertiary/aromatic N) is 1. The fourth-order valence-electron chi connectivity index (χ4n) is 1.33. The molecule has 0 spiro atoms. The molecule has 0 saturated carbocycles. The van der Waals surface area contributed by atoms with Crippen LogP contribution < -0.4 is 5.32 Å². The summed E-state index contributed by atoms with van der Waals surface area (Å²) in [6, 6.07) is 6.74. The summed E-state index contributed by atoms with van der Waals surface area (Å²) in [4.78, 5) is 15.1. The third kappa shape index (κ3) is 2.70. The van der Waals surface area contributed by atoms with Crippen LogP contribution in [0.2, 0.25) is 0 Å². The summed E-state index contributed by atoms with van der Waals surface area (Å²) in [6.45, 7) is 0. The number of benzene rings is 1. The summed E-state index contributed by atoms with van der Waals surface area (Å²) in [5, 5.41) is 2.45. The second-order valence-electron chi connectivity index (χ2n) is 3.42. The summed E-state index contributed by atoms with van der Waals surface area (Å²) in [6.07, 6.45) is 1.25. The largest absolute Gasteiger partial charge is 0.322 e. The number of nitrogens with one attached hydrogen (secondary N) is 1. The molecule has 0 aliphatic heterocycles. The molecule has 3 nitrogen and oxygen atoms in total. The van der Waals surface area contributed by atoms with Gasteiger partial charge < -0.3 is 5.32 Å². The number of anilines is 1. The number of carbonyl (C=O) groups excluding carboxylic acids is 1. The first kappa shape index (κ1) is 12.6. The van der Waals surface area contributed by atoms with E-state index in [2.05, 4.69) is 26.2 Å². The molecule has 1 aromatic heterocycles. The van der Waals surface area contributed by atoms with Crippen molar-refractivity contribution >= 4 is 27.5 Å². The predicted octanol–water partition coefficient (Wildman–Crippen LogP) is 3.37. The smallest absolute Gasteiger partial charge is 0.260 e. The molecule has 2 aromatic rings. The van der Waals surface area contributed by atoms with E-state index in [1.165, 1.54) is 36.5 Å². The van der Waals surface area contributed by atoms with Crippen molar-refractivity contribution in [2.24, 2.45) is 0 Å². The van der Waals surface area contributed by atoms with E-state index in [9.17, 15) is 13.6 Å². The molecule has 18 heavy (non-hydrogen) atoms. The lowest BCUT2D eigenvalue weighted by Gasteiger charge is -2.06. The third-order valence-corrected chi connectivity index (χ3v) is 2.79. The van der Waals surface area contributed by atoms with E-state index in [4.69, 9.17) is 0 Å². The highest BCUT2D eigenvalue weighted by Gasteiger charge is 2.12. The van der Waals surface area contributed by atoms with E-state index in [0.29, 0.717) is 5.69 Å². The van der Waals surface area contributed by atoms with Gasteiger partial charge in [-0.25, -0.2) is 9.37 Å². The summed E-state index contributed by atoms with van der Waals surface area (Å²) < 4.78 is 26.5. The summed E-state index contributed by atoms with van der Waals surface area (Å²) >= 11 is 2.99. The zero-order valence-corrected chi connectivity index (χ0v) is 10.5. The average Bonchev–Trinajstić information content (AvgIpc) is 2.34. The molecule has 6 heteroatoms. The Bertz CT molecular complexity index is 604. The molecule has 0 bridgehead atoms. The van der Waals surface area contributed by atoms with Crippen molar-refractivity contribution in [3.63, 3.8) is 0 Å². The van der Waals surface area contributed by atoms with Crippen molar-refractivity contribution in [1.82, 2.24) is 4.98 Å². The lowest BCUT2D eigenvalue weighted by atomic mass is 10.2. The number of hydrogen-bond donors (Lipinski definition) is 1.